The number of nitrogens with two attached hydrogens (primary N) is 1. The molecule has 1 aromatic rings. The Labute approximate surface area is 131 Å². The minimum atomic E-state index is 0. The first-order valence-electron chi connectivity index (χ1n) is 6.74. The monoisotopic (exact) mass is 317 g/mol. The number of hydrogen-bond donors (Lipinski definition) is 2. The van der Waals surface area contributed by atoms with E-state index in [2.05, 4.69) is 35.5 Å². The second-order valence-corrected chi connectivity index (χ2v) is 6.78. The molecule has 114 valence electrons. The van der Waals surface area contributed by atoms with E-state index in [9.17, 15) is 4.79 Å². The lowest BCUT2D eigenvalue weighted by atomic mass is 9.90. The zero-order chi connectivity index (χ0) is 13.9. The van der Waals surface area contributed by atoms with Crippen molar-refractivity contribution in [3.05, 3.63) is 21.9 Å². The average molecular weight is 318 g/mol. The van der Waals surface area contributed by atoms with Crippen LogP contribution in [0.15, 0.2) is 11.4 Å². The summed E-state index contributed by atoms with van der Waals surface area (Å²) in [6, 6.07) is 2.08. The molecule has 2 heterocycles. The minimum absolute atomic E-state index is 0. The van der Waals surface area contributed by atoms with Crippen molar-refractivity contribution in [2.24, 2.45) is 11.1 Å². The summed E-state index contributed by atoms with van der Waals surface area (Å²) in [6.07, 6.45) is 1.08. The van der Waals surface area contributed by atoms with E-state index >= 15 is 0 Å². The number of thiophene rings is 1. The Morgan fingerprint density at radius 3 is 2.90 bits per heavy atom. The van der Waals surface area contributed by atoms with Gasteiger partial charge in [0.15, 0.2) is 0 Å². The number of rotatable bonds is 5. The van der Waals surface area contributed by atoms with Crippen LogP contribution in [-0.2, 0) is 11.3 Å². The Hall–Kier alpha value is -0.620. The normalized spacial score (nSPS) is 22.6. The van der Waals surface area contributed by atoms with Gasteiger partial charge in [0.25, 0.3) is 0 Å². The van der Waals surface area contributed by atoms with Gasteiger partial charge in [0.05, 0.1) is 13.1 Å². The molecule has 1 atom stereocenters. The Bertz CT molecular complexity index is 451. The van der Waals surface area contributed by atoms with Crippen LogP contribution in [0.5, 0.6) is 0 Å². The number of amides is 1. The van der Waals surface area contributed by atoms with Gasteiger partial charge in [-0.3, -0.25) is 9.69 Å². The maximum absolute atomic E-state index is 11.9. The number of nitrogens with zero attached hydrogens (tertiary/aromatic N) is 1. The largest absolute Gasteiger partial charge is 0.350 e. The van der Waals surface area contributed by atoms with Gasteiger partial charge in [-0.25, -0.2) is 0 Å². The topological polar surface area (TPSA) is 58.4 Å². The molecule has 1 fully saturated rings. The molecule has 3 N–H and O–H groups in total. The summed E-state index contributed by atoms with van der Waals surface area (Å²) in [6.45, 7) is 7.99. The van der Waals surface area contributed by atoms with Gasteiger partial charge in [-0.2, -0.15) is 0 Å². The van der Waals surface area contributed by atoms with Crippen molar-refractivity contribution in [2.45, 2.75) is 26.8 Å². The van der Waals surface area contributed by atoms with Crippen LogP contribution < -0.4 is 11.1 Å². The van der Waals surface area contributed by atoms with Crippen LogP contribution in [0.2, 0.25) is 0 Å². The Morgan fingerprint density at radius 2 is 2.35 bits per heavy atom. The first kappa shape index (κ1) is 17.4. The standard InChI is InChI=1S/C14H23N3OS.ClH/c1-11-3-6-19-12(11)7-16-13(18)8-17-5-4-14(2,9-15)10-17;/h3,6H,4-5,7-10,15H2,1-2H3,(H,16,18);1H. The smallest absolute Gasteiger partial charge is 0.234 e. The summed E-state index contributed by atoms with van der Waals surface area (Å²) < 4.78 is 0. The van der Waals surface area contributed by atoms with Crippen molar-refractivity contribution in [3.63, 3.8) is 0 Å². The molecule has 1 aromatic heterocycles. The molecule has 0 radical (unpaired) electrons. The summed E-state index contributed by atoms with van der Waals surface area (Å²) in [5.41, 5.74) is 7.21. The van der Waals surface area contributed by atoms with E-state index < -0.39 is 0 Å². The maximum Gasteiger partial charge on any atom is 0.234 e. The molecule has 1 saturated heterocycles. The molecule has 0 saturated carbocycles. The second kappa shape index (κ2) is 7.41. The molecule has 20 heavy (non-hydrogen) atoms. The first-order chi connectivity index (χ1) is 9.02. The van der Waals surface area contributed by atoms with Gasteiger partial charge in [-0.1, -0.05) is 6.92 Å². The van der Waals surface area contributed by atoms with Crippen LogP contribution in [-0.4, -0.2) is 37.0 Å². The fourth-order valence-electron chi connectivity index (χ4n) is 2.45. The molecule has 0 aromatic carbocycles. The van der Waals surface area contributed by atoms with Gasteiger partial charge in [0.2, 0.25) is 5.91 Å². The summed E-state index contributed by atoms with van der Waals surface area (Å²) >= 11 is 1.69. The fourth-order valence-corrected chi connectivity index (χ4v) is 3.30. The van der Waals surface area contributed by atoms with Crippen molar-refractivity contribution >= 4 is 29.7 Å². The maximum atomic E-state index is 11.9. The van der Waals surface area contributed by atoms with Crippen molar-refractivity contribution in [1.29, 1.82) is 0 Å². The third-order valence-electron chi connectivity index (χ3n) is 3.91. The highest BCUT2D eigenvalue weighted by Crippen LogP contribution is 2.27. The zero-order valence-corrected chi connectivity index (χ0v) is 13.8. The van der Waals surface area contributed by atoms with Crippen molar-refractivity contribution in [2.75, 3.05) is 26.2 Å². The average Bonchev–Trinajstić information content (AvgIpc) is 2.94. The third-order valence-corrected chi connectivity index (χ3v) is 4.93. The van der Waals surface area contributed by atoms with Crippen LogP contribution in [0.25, 0.3) is 0 Å². The van der Waals surface area contributed by atoms with Gasteiger partial charge in [0, 0.05) is 11.4 Å². The van der Waals surface area contributed by atoms with Crippen LogP contribution in [0.1, 0.15) is 23.8 Å². The molecule has 0 spiro atoms. The predicted octanol–water partition coefficient (Wildman–Crippen LogP) is 1.77. The lowest BCUT2D eigenvalue weighted by Crippen LogP contribution is -2.38. The van der Waals surface area contributed by atoms with E-state index in [1.54, 1.807) is 11.3 Å². The molecule has 0 aliphatic carbocycles. The third kappa shape index (κ3) is 4.45. The number of carbonyl (C=O) groups is 1. The number of hydrogen-bond acceptors (Lipinski definition) is 4. The number of nitrogens with one attached hydrogen (secondary N) is 1. The number of aryl methyl sites for hydroxylation is 1. The molecule has 4 nitrogen and oxygen atoms in total. The van der Waals surface area contributed by atoms with Crippen LogP contribution in [0.3, 0.4) is 0 Å². The van der Waals surface area contributed by atoms with Gasteiger partial charge in [-0.15, -0.1) is 23.7 Å². The van der Waals surface area contributed by atoms with E-state index in [0.717, 1.165) is 19.5 Å². The van der Waals surface area contributed by atoms with E-state index in [1.165, 1.54) is 10.4 Å². The van der Waals surface area contributed by atoms with Gasteiger partial charge in [-0.05, 0) is 48.9 Å². The summed E-state index contributed by atoms with van der Waals surface area (Å²) in [5, 5.41) is 5.06. The van der Waals surface area contributed by atoms with Gasteiger partial charge < -0.3 is 11.1 Å². The molecule has 2 rings (SSSR count). The van der Waals surface area contributed by atoms with E-state index in [-0.39, 0.29) is 23.7 Å². The fraction of sp³-hybridized carbons (Fsp3) is 0.643. The van der Waals surface area contributed by atoms with E-state index in [4.69, 9.17) is 5.73 Å². The number of likely N-dealkylation sites (tertiary alicyclic amines) is 1. The van der Waals surface area contributed by atoms with E-state index in [0.29, 0.717) is 19.6 Å². The molecular weight excluding hydrogens is 294 g/mol. The Kier molecular flexibility index (Phi) is 6.45. The molecule has 1 aliphatic heterocycles. The number of halogens is 1. The summed E-state index contributed by atoms with van der Waals surface area (Å²) in [7, 11) is 0. The van der Waals surface area contributed by atoms with Gasteiger partial charge >= 0.3 is 0 Å². The highest BCUT2D eigenvalue weighted by atomic mass is 35.5. The highest BCUT2D eigenvalue weighted by molar-refractivity contribution is 7.10. The molecule has 1 amide bonds. The van der Waals surface area contributed by atoms with E-state index in [1.807, 2.05) is 0 Å². The Morgan fingerprint density at radius 1 is 1.60 bits per heavy atom. The minimum Gasteiger partial charge on any atom is -0.350 e. The highest BCUT2D eigenvalue weighted by Gasteiger charge is 2.32. The second-order valence-electron chi connectivity index (χ2n) is 5.78. The lowest BCUT2D eigenvalue weighted by Gasteiger charge is -2.22. The molecule has 1 unspecified atom stereocenters. The van der Waals surface area contributed by atoms with Crippen molar-refractivity contribution < 1.29 is 4.79 Å². The molecule has 1 aliphatic rings. The quantitative estimate of drug-likeness (QED) is 0.870. The lowest BCUT2D eigenvalue weighted by molar-refractivity contribution is -0.122. The van der Waals surface area contributed by atoms with Crippen LogP contribution in [0.4, 0.5) is 0 Å². The molecule has 6 heteroatoms. The Balaban J connectivity index is 0.00000200. The first-order valence-corrected chi connectivity index (χ1v) is 7.62. The molecule has 0 bridgehead atoms. The van der Waals surface area contributed by atoms with Crippen molar-refractivity contribution in [3.8, 4) is 0 Å². The summed E-state index contributed by atoms with van der Waals surface area (Å²) in [5.74, 6) is 0.106. The zero-order valence-electron chi connectivity index (χ0n) is 12.1. The number of carbonyl (C=O) groups excluding carboxylic acids is 1. The molecular formula is C14H24ClN3OS. The summed E-state index contributed by atoms with van der Waals surface area (Å²) in [4.78, 5) is 15.4. The van der Waals surface area contributed by atoms with Crippen LogP contribution >= 0.6 is 23.7 Å². The van der Waals surface area contributed by atoms with Gasteiger partial charge in [0.1, 0.15) is 0 Å². The van der Waals surface area contributed by atoms with Crippen molar-refractivity contribution in [1.82, 2.24) is 10.2 Å². The predicted molar refractivity (Wildman–Crippen MR) is 86.4 cm³/mol. The SMILES string of the molecule is Cc1ccsc1CNC(=O)CN1CCC(C)(CN)C1.Cl. The van der Waals surface area contributed by atoms with Crippen LogP contribution in [0, 0.1) is 12.3 Å².